The van der Waals surface area contributed by atoms with Gasteiger partial charge in [-0.2, -0.15) is 0 Å². The third kappa shape index (κ3) is 5.83. The Bertz CT molecular complexity index is 512. The van der Waals surface area contributed by atoms with Gasteiger partial charge in [0.2, 0.25) is 5.91 Å². The van der Waals surface area contributed by atoms with Crippen molar-refractivity contribution in [1.82, 2.24) is 9.88 Å². The van der Waals surface area contributed by atoms with Crippen LogP contribution < -0.4 is 0 Å². The van der Waals surface area contributed by atoms with E-state index in [1.165, 1.54) is 4.90 Å². The van der Waals surface area contributed by atoms with E-state index in [9.17, 15) is 13.2 Å². The highest BCUT2D eigenvalue weighted by atomic mass is 32.2. The van der Waals surface area contributed by atoms with Crippen LogP contribution in [0.3, 0.4) is 0 Å². The molecular weight excluding hydrogens is 264 g/mol. The highest BCUT2D eigenvalue weighted by molar-refractivity contribution is 7.92. The molecule has 0 N–H and O–H groups in total. The number of amides is 1. The van der Waals surface area contributed by atoms with E-state index in [0.29, 0.717) is 6.54 Å². The first-order valence-corrected chi connectivity index (χ1v) is 7.96. The number of nitrogens with zero attached hydrogens (tertiary/aromatic N) is 2. The van der Waals surface area contributed by atoms with Crippen LogP contribution in [-0.4, -0.2) is 42.8 Å². The highest BCUT2D eigenvalue weighted by Crippen LogP contribution is 2.04. The van der Waals surface area contributed by atoms with Gasteiger partial charge in [-0.05, 0) is 18.1 Å². The van der Waals surface area contributed by atoms with E-state index < -0.39 is 21.5 Å². The molecule has 106 valence electrons. The van der Waals surface area contributed by atoms with Gasteiger partial charge in [-0.25, -0.2) is 8.42 Å². The Kier molecular flexibility index (Phi) is 5.47. The lowest BCUT2D eigenvalue weighted by molar-refractivity contribution is -0.127. The maximum atomic E-state index is 11.9. The average molecular weight is 284 g/mol. The number of pyridine rings is 1. The first-order valence-electron chi connectivity index (χ1n) is 6.14. The van der Waals surface area contributed by atoms with Crippen LogP contribution in [-0.2, 0) is 21.2 Å². The zero-order chi connectivity index (χ0) is 14.5. The van der Waals surface area contributed by atoms with Crippen LogP contribution in [0.15, 0.2) is 24.4 Å². The van der Waals surface area contributed by atoms with Gasteiger partial charge in [0.05, 0.1) is 18.0 Å². The molecule has 1 amide bonds. The van der Waals surface area contributed by atoms with E-state index in [2.05, 4.69) is 4.98 Å². The van der Waals surface area contributed by atoms with Crippen molar-refractivity contribution in [2.24, 2.45) is 5.92 Å². The van der Waals surface area contributed by atoms with Crippen molar-refractivity contribution in [1.29, 1.82) is 0 Å². The number of carbonyl (C=O) groups is 1. The van der Waals surface area contributed by atoms with E-state index in [0.717, 1.165) is 5.69 Å². The van der Waals surface area contributed by atoms with Crippen LogP contribution in [0, 0.1) is 5.92 Å². The molecular formula is C13H20N2O3S. The molecule has 0 saturated carbocycles. The monoisotopic (exact) mass is 284 g/mol. The van der Waals surface area contributed by atoms with Crippen molar-refractivity contribution >= 4 is 15.7 Å². The molecule has 0 aliphatic rings. The molecule has 0 saturated heterocycles. The fraction of sp³-hybridized carbons (Fsp3) is 0.538. The second-order valence-electron chi connectivity index (χ2n) is 5.02. The predicted molar refractivity (Wildman–Crippen MR) is 74.2 cm³/mol. The summed E-state index contributed by atoms with van der Waals surface area (Å²) < 4.78 is 23.5. The molecule has 5 nitrogen and oxygen atoms in total. The lowest BCUT2D eigenvalue weighted by Crippen LogP contribution is -2.33. The second-order valence-corrected chi connectivity index (χ2v) is 7.13. The van der Waals surface area contributed by atoms with E-state index in [4.69, 9.17) is 0 Å². The van der Waals surface area contributed by atoms with Crippen molar-refractivity contribution in [2.45, 2.75) is 20.4 Å². The minimum atomic E-state index is -3.33. The highest BCUT2D eigenvalue weighted by Gasteiger charge is 2.21. The quantitative estimate of drug-likeness (QED) is 0.785. The fourth-order valence-corrected chi connectivity index (χ4v) is 3.42. The summed E-state index contributed by atoms with van der Waals surface area (Å²) in [6.45, 7) is 3.95. The van der Waals surface area contributed by atoms with Crippen LogP contribution in [0.2, 0.25) is 0 Å². The Morgan fingerprint density at radius 1 is 1.37 bits per heavy atom. The molecule has 6 heteroatoms. The number of sulfone groups is 1. The standard InChI is InChI=1S/C13H20N2O3S/c1-11(2)9-19(17,18)10-13(16)15(3)8-12-6-4-5-7-14-12/h4-7,11H,8-10H2,1-3H3. The SMILES string of the molecule is CC(C)CS(=O)(=O)CC(=O)N(C)Cc1ccccn1. The molecule has 1 aromatic rings. The van der Waals surface area contributed by atoms with E-state index >= 15 is 0 Å². The molecule has 0 aromatic carbocycles. The van der Waals surface area contributed by atoms with Crippen molar-refractivity contribution < 1.29 is 13.2 Å². The van der Waals surface area contributed by atoms with E-state index in [-0.39, 0.29) is 11.7 Å². The Morgan fingerprint density at radius 3 is 2.58 bits per heavy atom. The second kappa shape index (κ2) is 6.65. The topological polar surface area (TPSA) is 67.3 Å². The number of aromatic nitrogens is 1. The number of hydrogen-bond donors (Lipinski definition) is 0. The third-order valence-corrected chi connectivity index (χ3v) is 4.34. The zero-order valence-corrected chi connectivity index (χ0v) is 12.4. The summed E-state index contributed by atoms with van der Waals surface area (Å²) in [6, 6.07) is 5.42. The lowest BCUT2D eigenvalue weighted by Gasteiger charge is -2.17. The maximum absolute atomic E-state index is 11.9. The molecule has 0 aliphatic heterocycles. The van der Waals surface area contributed by atoms with Crippen LogP contribution in [0.4, 0.5) is 0 Å². The Hall–Kier alpha value is -1.43. The van der Waals surface area contributed by atoms with Crippen molar-refractivity contribution in [2.75, 3.05) is 18.6 Å². The van der Waals surface area contributed by atoms with Gasteiger partial charge in [0.1, 0.15) is 5.75 Å². The van der Waals surface area contributed by atoms with Crippen molar-refractivity contribution in [3.05, 3.63) is 30.1 Å². The fourth-order valence-electron chi connectivity index (χ4n) is 1.69. The number of rotatable bonds is 6. The van der Waals surface area contributed by atoms with Gasteiger partial charge in [-0.3, -0.25) is 9.78 Å². The van der Waals surface area contributed by atoms with Gasteiger partial charge in [0, 0.05) is 13.2 Å². The average Bonchev–Trinajstić information content (AvgIpc) is 2.27. The molecule has 1 rings (SSSR count). The van der Waals surface area contributed by atoms with Gasteiger partial charge in [-0.15, -0.1) is 0 Å². The Morgan fingerprint density at radius 2 is 2.05 bits per heavy atom. The molecule has 0 aliphatic carbocycles. The lowest BCUT2D eigenvalue weighted by atomic mass is 10.3. The van der Waals surface area contributed by atoms with Crippen LogP contribution in [0.1, 0.15) is 19.5 Å². The zero-order valence-electron chi connectivity index (χ0n) is 11.5. The number of carbonyl (C=O) groups excluding carboxylic acids is 1. The predicted octanol–water partition coefficient (Wildman–Crippen LogP) is 1.11. The molecule has 0 atom stereocenters. The summed E-state index contributed by atoms with van der Waals surface area (Å²) >= 11 is 0. The van der Waals surface area contributed by atoms with Gasteiger partial charge in [0.25, 0.3) is 0 Å². The first kappa shape index (κ1) is 15.6. The molecule has 19 heavy (non-hydrogen) atoms. The number of hydrogen-bond acceptors (Lipinski definition) is 4. The van der Waals surface area contributed by atoms with Gasteiger partial charge < -0.3 is 4.90 Å². The Labute approximate surface area is 114 Å². The maximum Gasteiger partial charge on any atom is 0.237 e. The van der Waals surface area contributed by atoms with E-state index in [1.54, 1.807) is 25.4 Å². The molecule has 0 spiro atoms. The minimum absolute atomic E-state index is 0.0268. The molecule has 0 unspecified atom stereocenters. The molecule has 0 bridgehead atoms. The summed E-state index contributed by atoms with van der Waals surface area (Å²) in [4.78, 5) is 17.4. The van der Waals surface area contributed by atoms with E-state index in [1.807, 2.05) is 19.9 Å². The molecule has 0 fully saturated rings. The summed E-state index contributed by atoms with van der Waals surface area (Å²) in [5, 5.41) is 0. The largest absolute Gasteiger partial charge is 0.339 e. The summed E-state index contributed by atoms with van der Waals surface area (Å²) in [5.74, 6) is -0.768. The van der Waals surface area contributed by atoms with Crippen LogP contribution in [0.25, 0.3) is 0 Å². The molecule has 1 heterocycles. The van der Waals surface area contributed by atoms with Gasteiger partial charge in [0.15, 0.2) is 9.84 Å². The summed E-state index contributed by atoms with van der Waals surface area (Å²) in [5.41, 5.74) is 0.736. The first-order chi connectivity index (χ1) is 8.80. The molecule has 1 aromatic heterocycles. The minimum Gasteiger partial charge on any atom is -0.339 e. The van der Waals surface area contributed by atoms with Crippen molar-refractivity contribution in [3.8, 4) is 0 Å². The summed E-state index contributed by atoms with van der Waals surface area (Å²) in [7, 11) is -1.74. The van der Waals surface area contributed by atoms with Gasteiger partial charge >= 0.3 is 0 Å². The Balaban J connectivity index is 2.59. The smallest absolute Gasteiger partial charge is 0.237 e. The normalized spacial score (nSPS) is 11.6. The van der Waals surface area contributed by atoms with Crippen LogP contribution >= 0.6 is 0 Å². The molecule has 0 radical (unpaired) electrons. The van der Waals surface area contributed by atoms with Crippen molar-refractivity contribution in [3.63, 3.8) is 0 Å². The summed E-state index contributed by atoms with van der Waals surface area (Å²) in [6.07, 6.45) is 1.64. The third-order valence-electron chi connectivity index (χ3n) is 2.48. The van der Waals surface area contributed by atoms with Gasteiger partial charge in [-0.1, -0.05) is 19.9 Å². The van der Waals surface area contributed by atoms with Crippen LogP contribution in [0.5, 0.6) is 0 Å².